The molecule has 1 fully saturated rings. The molecule has 7 nitrogen and oxygen atoms in total. The van der Waals surface area contributed by atoms with Crippen molar-refractivity contribution in [3.63, 3.8) is 0 Å². The van der Waals surface area contributed by atoms with Crippen LogP contribution in [-0.4, -0.2) is 54.6 Å². The van der Waals surface area contributed by atoms with Gasteiger partial charge in [-0.25, -0.2) is 0 Å². The summed E-state index contributed by atoms with van der Waals surface area (Å²) in [6.07, 6.45) is 1.24. The van der Waals surface area contributed by atoms with E-state index in [1.54, 1.807) is 6.07 Å². The fraction of sp³-hybridized carbons (Fsp3) is 0.667. The molecular weight excluding hydrogens is 248 g/mol. The van der Waals surface area contributed by atoms with Gasteiger partial charge in [0.2, 0.25) is 11.8 Å². The van der Waals surface area contributed by atoms with E-state index in [4.69, 9.17) is 15.2 Å². The maximum absolute atomic E-state index is 10.5. The fourth-order valence-corrected chi connectivity index (χ4v) is 2.16. The molecule has 0 radical (unpaired) electrons. The minimum Gasteiger partial charge on any atom is -0.481 e. The van der Waals surface area contributed by atoms with Crippen molar-refractivity contribution in [1.29, 1.82) is 0 Å². The Labute approximate surface area is 112 Å². The van der Waals surface area contributed by atoms with Gasteiger partial charge in [-0.05, 0) is 0 Å². The first kappa shape index (κ1) is 13.8. The van der Waals surface area contributed by atoms with Gasteiger partial charge in [0, 0.05) is 45.7 Å². The molecule has 1 aliphatic heterocycles. The lowest BCUT2D eigenvalue weighted by molar-refractivity contribution is -0.0573. The van der Waals surface area contributed by atoms with Gasteiger partial charge in [-0.3, -0.25) is 0 Å². The van der Waals surface area contributed by atoms with Crippen LogP contribution < -0.4 is 15.4 Å². The summed E-state index contributed by atoms with van der Waals surface area (Å²) < 4.78 is 10.3. The van der Waals surface area contributed by atoms with Crippen molar-refractivity contribution < 1.29 is 14.6 Å². The first-order chi connectivity index (χ1) is 9.02. The van der Waals surface area contributed by atoms with Crippen LogP contribution in [0.15, 0.2) is 6.07 Å². The second-order valence-corrected chi connectivity index (χ2v) is 4.82. The Hall–Kier alpha value is -1.60. The zero-order chi connectivity index (χ0) is 13.9. The third-order valence-electron chi connectivity index (χ3n) is 3.26. The number of aromatic nitrogens is 2. The number of rotatable bonds is 4. The highest BCUT2D eigenvalue weighted by Gasteiger charge is 2.31. The van der Waals surface area contributed by atoms with Crippen LogP contribution in [0.5, 0.6) is 5.88 Å². The molecule has 1 saturated heterocycles. The summed E-state index contributed by atoms with van der Waals surface area (Å²) in [6, 6.07) is 1.69. The number of nitrogens with two attached hydrogens (primary N) is 1. The van der Waals surface area contributed by atoms with E-state index in [2.05, 4.69) is 9.97 Å². The number of aliphatic hydroxyl groups is 1. The van der Waals surface area contributed by atoms with E-state index in [1.807, 2.05) is 11.9 Å². The van der Waals surface area contributed by atoms with E-state index in [9.17, 15) is 5.11 Å². The van der Waals surface area contributed by atoms with E-state index in [0.717, 1.165) is 0 Å². The average Bonchev–Trinajstić information content (AvgIpc) is 2.38. The first-order valence-corrected chi connectivity index (χ1v) is 6.22. The smallest absolute Gasteiger partial charge is 0.225 e. The average molecular weight is 268 g/mol. The van der Waals surface area contributed by atoms with E-state index in [1.165, 1.54) is 7.11 Å². The topological polar surface area (TPSA) is 93.7 Å². The molecule has 7 heteroatoms. The molecule has 2 heterocycles. The minimum atomic E-state index is -0.750. The molecule has 1 aromatic heterocycles. The third-order valence-corrected chi connectivity index (χ3v) is 3.26. The number of nitrogen functional groups attached to an aromatic ring is 1. The molecule has 1 aromatic rings. The van der Waals surface area contributed by atoms with Gasteiger partial charge in [-0.2, -0.15) is 9.97 Å². The molecule has 0 saturated carbocycles. The zero-order valence-corrected chi connectivity index (χ0v) is 11.3. The SMILES string of the molecule is COc1cc(N(C)CC2(O)CCOCC2)nc(N)n1. The van der Waals surface area contributed by atoms with Gasteiger partial charge in [0.15, 0.2) is 0 Å². The van der Waals surface area contributed by atoms with Gasteiger partial charge in [0.1, 0.15) is 5.82 Å². The normalized spacial score (nSPS) is 18.1. The third kappa shape index (κ3) is 3.45. The summed E-state index contributed by atoms with van der Waals surface area (Å²) in [5.41, 5.74) is 4.88. The predicted molar refractivity (Wildman–Crippen MR) is 71.3 cm³/mol. The molecule has 0 atom stereocenters. The van der Waals surface area contributed by atoms with Gasteiger partial charge in [0.25, 0.3) is 0 Å². The molecule has 3 N–H and O–H groups in total. The molecule has 0 bridgehead atoms. The predicted octanol–water partition coefficient (Wildman–Crippen LogP) is 0.0451. The molecule has 1 aliphatic rings. The monoisotopic (exact) mass is 268 g/mol. The maximum Gasteiger partial charge on any atom is 0.225 e. The highest BCUT2D eigenvalue weighted by molar-refractivity contribution is 5.45. The van der Waals surface area contributed by atoms with Crippen molar-refractivity contribution in [1.82, 2.24) is 9.97 Å². The number of nitrogens with zero attached hydrogens (tertiary/aromatic N) is 3. The van der Waals surface area contributed by atoms with Crippen LogP contribution in [-0.2, 0) is 4.74 Å². The van der Waals surface area contributed by atoms with E-state index >= 15 is 0 Å². The summed E-state index contributed by atoms with van der Waals surface area (Å²) >= 11 is 0. The molecule has 19 heavy (non-hydrogen) atoms. The molecule has 0 unspecified atom stereocenters. The van der Waals surface area contributed by atoms with Crippen molar-refractivity contribution in [3.05, 3.63) is 6.07 Å². The first-order valence-electron chi connectivity index (χ1n) is 6.22. The van der Waals surface area contributed by atoms with E-state index in [-0.39, 0.29) is 5.95 Å². The van der Waals surface area contributed by atoms with Crippen LogP contribution >= 0.6 is 0 Å². The van der Waals surface area contributed by atoms with Crippen LogP contribution in [0.25, 0.3) is 0 Å². The Morgan fingerprint density at radius 3 is 2.79 bits per heavy atom. The van der Waals surface area contributed by atoms with Crippen LogP contribution in [0.2, 0.25) is 0 Å². The Morgan fingerprint density at radius 1 is 1.47 bits per heavy atom. The second kappa shape index (κ2) is 5.58. The number of methoxy groups -OCH3 is 1. The molecule has 0 spiro atoms. The lowest BCUT2D eigenvalue weighted by Crippen LogP contribution is -2.46. The van der Waals surface area contributed by atoms with Crippen LogP contribution in [0.1, 0.15) is 12.8 Å². The number of hydrogen-bond acceptors (Lipinski definition) is 7. The van der Waals surface area contributed by atoms with Crippen molar-refractivity contribution >= 4 is 11.8 Å². The Bertz CT molecular complexity index is 435. The lowest BCUT2D eigenvalue weighted by Gasteiger charge is -2.35. The molecule has 0 aliphatic carbocycles. The number of hydrogen-bond donors (Lipinski definition) is 2. The van der Waals surface area contributed by atoms with Gasteiger partial charge in [-0.1, -0.05) is 0 Å². The summed E-state index contributed by atoms with van der Waals surface area (Å²) in [5.74, 6) is 1.19. The van der Waals surface area contributed by atoms with Crippen molar-refractivity contribution in [2.45, 2.75) is 18.4 Å². The standard InChI is InChI=1S/C12H20N4O3/c1-16(8-12(17)3-5-19-6-4-12)9-7-10(18-2)15-11(13)14-9/h7,17H,3-6,8H2,1-2H3,(H2,13,14,15). The van der Waals surface area contributed by atoms with E-state index < -0.39 is 5.60 Å². The minimum absolute atomic E-state index is 0.153. The van der Waals surface area contributed by atoms with Crippen LogP contribution in [0.4, 0.5) is 11.8 Å². The maximum atomic E-state index is 10.5. The van der Waals surface area contributed by atoms with Crippen molar-refractivity contribution in [2.24, 2.45) is 0 Å². The lowest BCUT2D eigenvalue weighted by atomic mass is 9.94. The summed E-state index contributed by atoms with van der Waals surface area (Å²) in [7, 11) is 3.38. The highest BCUT2D eigenvalue weighted by Crippen LogP contribution is 2.24. The quantitative estimate of drug-likeness (QED) is 0.796. The Kier molecular flexibility index (Phi) is 4.06. The van der Waals surface area contributed by atoms with Crippen LogP contribution in [0.3, 0.4) is 0 Å². The van der Waals surface area contributed by atoms with Gasteiger partial charge < -0.3 is 25.2 Å². The molecule has 2 rings (SSSR count). The van der Waals surface area contributed by atoms with Crippen LogP contribution in [0, 0.1) is 0 Å². The molecule has 0 amide bonds. The molecule has 106 valence electrons. The summed E-state index contributed by atoms with van der Waals surface area (Å²) in [4.78, 5) is 9.94. The fourth-order valence-electron chi connectivity index (χ4n) is 2.16. The van der Waals surface area contributed by atoms with Crippen molar-refractivity contribution in [3.8, 4) is 5.88 Å². The summed E-state index contributed by atoms with van der Waals surface area (Å²) in [5, 5.41) is 10.5. The Morgan fingerprint density at radius 2 is 2.16 bits per heavy atom. The van der Waals surface area contributed by atoms with Gasteiger partial charge in [0.05, 0.1) is 12.7 Å². The van der Waals surface area contributed by atoms with E-state index in [0.29, 0.717) is 44.3 Å². The molecular formula is C12H20N4O3. The number of ether oxygens (including phenoxy) is 2. The zero-order valence-electron chi connectivity index (χ0n) is 11.3. The Balaban J connectivity index is 2.10. The number of anilines is 2. The van der Waals surface area contributed by atoms with Crippen molar-refractivity contribution in [2.75, 3.05) is 44.5 Å². The molecule has 0 aromatic carbocycles. The second-order valence-electron chi connectivity index (χ2n) is 4.82. The highest BCUT2D eigenvalue weighted by atomic mass is 16.5. The largest absolute Gasteiger partial charge is 0.481 e. The number of likely N-dealkylation sites (N-methyl/N-ethyl adjacent to an activating group) is 1. The summed E-state index contributed by atoms with van der Waals surface area (Å²) in [6.45, 7) is 1.63. The van der Waals surface area contributed by atoms with Gasteiger partial charge >= 0.3 is 0 Å². The van der Waals surface area contributed by atoms with Gasteiger partial charge in [-0.15, -0.1) is 0 Å².